The molecule has 0 radical (unpaired) electrons. The number of likely N-dealkylation sites (N-methyl/N-ethyl adjacent to an activating group) is 1. The van der Waals surface area contributed by atoms with Crippen molar-refractivity contribution in [3.8, 4) is 28.6 Å². The minimum absolute atomic E-state index is 0.0381. The van der Waals surface area contributed by atoms with Gasteiger partial charge in [-0.1, -0.05) is 17.3 Å². The SMILES string of the molecule is COc1ccc(-c2cc(C)no2)cc1S(=O)(=O)N(C)C[C@H]1COc2ccccc2O1. The second kappa shape index (κ2) is 8.00. The molecule has 1 aliphatic heterocycles. The van der Waals surface area contributed by atoms with Crippen molar-refractivity contribution in [2.24, 2.45) is 0 Å². The fourth-order valence-corrected chi connectivity index (χ4v) is 4.62. The minimum atomic E-state index is -3.87. The minimum Gasteiger partial charge on any atom is -0.495 e. The van der Waals surface area contributed by atoms with Crippen LogP contribution in [-0.2, 0) is 10.0 Å². The molecule has 0 fully saturated rings. The highest BCUT2D eigenvalue weighted by Gasteiger charge is 2.30. The number of fused-ring (bicyclic) bond motifs is 1. The van der Waals surface area contributed by atoms with Crippen molar-refractivity contribution in [2.75, 3.05) is 27.3 Å². The number of nitrogens with zero attached hydrogens (tertiary/aromatic N) is 2. The molecule has 1 aromatic heterocycles. The molecule has 0 spiro atoms. The largest absolute Gasteiger partial charge is 0.495 e. The summed E-state index contributed by atoms with van der Waals surface area (Å²) in [5.41, 5.74) is 1.30. The monoisotopic (exact) mass is 430 g/mol. The maximum atomic E-state index is 13.3. The average Bonchev–Trinajstić information content (AvgIpc) is 3.19. The molecule has 0 saturated heterocycles. The highest BCUT2D eigenvalue weighted by molar-refractivity contribution is 7.89. The Morgan fingerprint density at radius 1 is 1.17 bits per heavy atom. The molecule has 2 aromatic carbocycles. The summed E-state index contributed by atoms with van der Waals surface area (Å²) in [5.74, 6) is 1.97. The molecule has 3 aromatic rings. The number of sulfonamides is 1. The molecule has 0 amide bonds. The van der Waals surface area contributed by atoms with Crippen LogP contribution < -0.4 is 14.2 Å². The predicted octanol–water partition coefficient (Wildman–Crippen LogP) is 3.12. The van der Waals surface area contributed by atoms with Crippen molar-refractivity contribution in [3.63, 3.8) is 0 Å². The second-order valence-electron chi connectivity index (χ2n) is 6.98. The van der Waals surface area contributed by atoms with Gasteiger partial charge in [-0.25, -0.2) is 8.42 Å². The zero-order valence-corrected chi connectivity index (χ0v) is 17.7. The van der Waals surface area contributed by atoms with Gasteiger partial charge in [0.05, 0.1) is 19.3 Å². The van der Waals surface area contributed by atoms with Crippen LogP contribution in [0.4, 0.5) is 0 Å². The number of ether oxygens (including phenoxy) is 3. The third-order valence-corrected chi connectivity index (χ3v) is 6.64. The number of rotatable bonds is 6. The Morgan fingerprint density at radius 2 is 1.93 bits per heavy atom. The normalized spacial score (nSPS) is 15.9. The number of para-hydroxylation sites is 2. The van der Waals surface area contributed by atoms with Gasteiger partial charge in [0.2, 0.25) is 10.0 Å². The van der Waals surface area contributed by atoms with E-state index >= 15 is 0 Å². The molecule has 1 atom stereocenters. The standard InChI is InChI=1S/C21H22N2O6S/c1-14-10-20(29-22-14)15-8-9-19(26-3)21(11-15)30(24,25)23(2)12-16-13-27-17-6-4-5-7-18(17)28-16/h4-11,16H,12-13H2,1-3H3/t16-/m0/s1. The van der Waals surface area contributed by atoms with Gasteiger partial charge in [0.25, 0.3) is 0 Å². The zero-order valence-electron chi connectivity index (χ0n) is 16.9. The smallest absolute Gasteiger partial charge is 0.246 e. The van der Waals surface area contributed by atoms with E-state index in [0.29, 0.717) is 28.5 Å². The lowest BCUT2D eigenvalue weighted by atomic mass is 10.1. The molecule has 158 valence electrons. The Balaban J connectivity index is 1.59. The molecule has 1 aliphatic rings. The lowest BCUT2D eigenvalue weighted by Gasteiger charge is -2.29. The first kappa shape index (κ1) is 20.2. The summed E-state index contributed by atoms with van der Waals surface area (Å²) in [6.45, 7) is 2.17. The van der Waals surface area contributed by atoms with Crippen molar-refractivity contribution in [1.29, 1.82) is 0 Å². The van der Waals surface area contributed by atoms with Gasteiger partial charge in [-0.15, -0.1) is 0 Å². The number of aromatic nitrogens is 1. The van der Waals surface area contributed by atoms with E-state index in [4.69, 9.17) is 18.7 Å². The molecule has 30 heavy (non-hydrogen) atoms. The number of benzene rings is 2. The number of hydrogen-bond acceptors (Lipinski definition) is 7. The quantitative estimate of drug-likeness (QED) is 0.593. The first-order valence-corrected chi connectivity index (χ1v) is 10.8. The summed E-state index contributed by atoms with van der Waals surface area (Å²) in [5, 5.41) is 3.86. The average molecular weight is 430 g/mol. The third-order valence-electron chi connectivity index (χ3n) is 4.79. The number of methoxy groups -OCH3 is 1. The summed E-state index contributed by atoms with van der Waals surface area (Å²) in [6, 6.07) is 13.9. The lowest BCUT2D eigenvalue weighted by Crippen LogP contribution is -2.41. The Hall–Kier alpha value is -3.04. The molecule has 0 aliphatic carbocycles. The molecular weight excluding hydrogens is 408 g/mol. The lowest BCUT2D eigenvalue weighted by molar-refractivity contribution is 0.0798. The van der Waals surface area contributed by atoms with Crippen LogP contribution >= 0.6 is 0 Å². The number of hydrogen-bond donors (Lipinski definition) is 0. The summed E-state index contributed by atoms with van der Waals surface area (Å²) < 4.78 is 50.1. The van der Waals surface area contributed by atoms with Crippen molar-refractivity contribution in [2.45, 2.75) is 17.9 Å². The van der Waals surface area contributed by atoms with Crippen LogP contribution in [0, 0.1) is 6.92 Å². The maximum absolute atomic E-state index is 13.3. The Labute approximate surface area is 175 Å². The molecule has 0 N–H and O–H groups in total. The second-order valence-corrected chi connectivity index (χ2v) is 8.99. The van der Waals surface area contributed by atoms with Crippen LogP contribution in [0.5, 0.6) is 17.2 Å². The van der Waals surface area contributed by atoms with Gasteiger partial charge in [0, 0.05) is 18.7 Å². The molecule has 0 unspecified atom stereocenters. The maximum Gasteiger partial charge on any atom is 0.246 e. The van der Waals surface area contributed by atoms with Crippen LogP contribution in [0.1, 0.15) is 5.69 Å². The van der Waals surface area contributed by atoms with E-state index in [-0.39, 0.29) is 23.8 Å². The molecular formula is C21H22N2O6S. The van der Waals surface area contributed by atoms with Gasteiger partial charge in [-0.2, -0.15) is 4.31 Å². The van der Waals surface area contributed by atoms with Crippen molar-refractivity contribution >= 4 is 10.0 Å². The summed E-state index contributed by atoms with van der Waals surface area (Å²) in [6.07, 6.45) is -0.439. The van der Waals surface area contributed by atoms with Crippen molar-refractivity contribution < 1.29 is 27.2 Å². The van der Waals surface area contributed by atoms with Gasteiger partial charge in [0.15, 0.2) is 17.3 Å². The van der Waals surface area contributed by atoms with Gasteiger partial charge in [-0.3, -0.25) is 0 Å². The van der Waals surface area contributed by atoms with E-state index in [1.54, 1.807) is 31.2 Å². The zero-order chi connectivity index (χ0) is 21.3. The van der Waals surface area contributed by atoms with Crippen LogP contribution in [0.15, 0.2) is 57.9 Å². The summed E-state index contributed by atoms with van der Waals surface area (Å²) in [7, 11) is -0.935. The van der Waals surface area contributed by atoms with Crippen molar-refractivity contribution in [1.82, 2.24) is 9.46 Å². The van der Waals surface area contributed by atoms with Gasteiger partial charge >= 0.3 is 0 Å². The first-order valence-electron chi connectivity index (χ1n) is 9.35. The molecule has 8 nitrogen and oxygen atoms in total. The van der Waals surface area contributed by atoms with Crippen LogP contribution in [0.25, 0.3) is 11.3 Å². The van der Waals surface area contributed by atoms with Gasteiger partial charge in [0.1, 0.15) is 23.4 Å². The Morgan fingerprint density at radius 3 is 2.63 bits per heavy atom. The highest BCUT2D eigenvalue weighted by atomic mass is 32.2. The molecule has 9 heteroatoms. The van der Waals surface area contributed by atoms with Crippen molar-refractivity contribution in [3.05, 3.63) is 54.2 Å². The fourth-order valence-electron chi connectivity index (χ4n) is 3.24. The number of aryl methyl sites for hydroxylation is 1. The fraction of sp³-hybridized carbons (Fsp3) is 0.286. The Bertz CT molecular complexity index is 1160. The highest BCUT2D eigenvalue weighted by Crippen LogP contribution is 2.34. The van der Waals surface area contributed by atoms with Crippen LogP contribution in [0.2, 0.25) is 0 Å². The van der Waals surface area contributed by atoms with Gasteiger partial charge in [-0.05, 0) is 37.3 Å². The Kier molecular flexibility index (Phi) is 5.40. The van der Waals surface area contributed by atoms with E-state index < -0.39 is 16.1 Å². The third kappa shape index (κ3) is 3.86. The molecule has 4 rings (SSSR count). The van der Waals surface area contributed by atoms with Gasteiger partial charge < -0.3 is 18.7 Å². The van der Waals surface area contributed by atoms with E-state index in [1.807, 2.05) is 18.2 Å². The summed E-state index contributed by atoms with van der Waals surface area (Å²) in [4.78, 5) is 0.0381. The first-order chi connectivity index (χ1) is 14.4. The molecule has 2 heterocycles. The van der Waals surface area contributed by atoms with E-state index in [2.05, 4.69) is 5.16 Å². The van der Waals surface area contributed by atoms with Crippen LogP contribution in [0.3, 0.4) is 0 Å². The van der Waals surface area contributed by atoms with E-state index in [1.165, 1.54) is 24.5 Å². The van der Waals surface area contributed by atoms with E-state index in [9.17, 15) is 8.42 Å². The van der Waals surface area contributed by atoms with E-state index in [0.717, 1.165) is 0 Å². The molecule has 0 saturated carbocycles. The summed E-state index contributed by atoms with van der Waals surface area (Å²) >= 11 is 0. The predicted molar refractivity (Wildman–Crippen MR) is 109 cm³/mol. The van der Waals surface area contributed by atoms with Crippen LogP contribution in [-0.4, -0.2) is 51.3 Å². The topological polar surface area (TPSA) is 91.1 Å². The molecule has 0 bridgehead atoms.